The van der Waals surface area contributed by atoms with Gasteiger partial charge in [0.05, 0.1) is 0 Å². The SMILES string of the molecule is CC(C)CNC(=O)C(C)S(=O)CC(C)N. The third-order valence-electron chi connectivity index (χ3n) is 1.88. The largest absolute Gasteiger partial charge is 0.355 e. The van der Waals surface area contributed by atoms with Gasteiger partial charge in [-0.05, 0) is 19.8 Å². The van der Waals surface area contributed by atoms with Gasteiger partial charge in [-0.3, -0.25) is 9.00 Å². The minimum Gasteiger partial charge on any atom is -0.355 e. The first-order valence-corrected chi connectivity index (χ1v) is 6.63. The first kappa shape index (κ1) is 14.6. The molecule has 0 heterocycles. The van der Waals surface area contributed by atoms with Crippen LogP contribution in [-0.4, -0.2) is 33.7 Å². The molecule has 0 bridgehead atoms. The molecule has 1 amide bonds. The smallest absolute Gasteiger partial charge is 0.235 e. The van der Waals surface area contributed by atoms with Crippen LogP contribution in [0.4, 0.5) is 0 Å². The van der Waals surface area contributed by atoms with Crippen LogP contribution in [0.25, 0.3) is 0 Å². The van der Waals surface area contributed by atoms with Gasteiger partial charge < -0.3 is 11.1 Å². The van der Waals surface area contributed by atoms with Crippen molar-refractivity contribution in [2.75, 3.05) is 12.3 Å². The van der Waals surface area contributed by atoms with Gasteiger partial charge in [0.1, 0.15) is 5.25 Å². The number of rotatable bonds is 6. The summed E-state index contributed by atoms with van der Waals surface area (Å²) in [6.07, 6.45) is 0. The summed E-state index contributed by atoms with van der Waals surface area (Å²) in [5, 5.41) is 2.29. The Kier molecular flexibility index (Phi) is 6.76. The predicted octanol–water partition coefficient (Wildman–Crippen LogP) is 0.243. The Bertz CT molecular complexity index is 229. The van der Waals surface area contributed by atoms with Crippen molar-refractivity contribution in [2.45, 2.75) is 39.0 Å². The van der Waals surface area contributed by atoms with E-state index in [1.54, 1.807) is 13.8 Å². The fourth-order valence-electron chi connectivity index (χ4n) is 0.971. The lowest BCUT2D eigenvalue weighted by molar-refractivity contribution is -0.120. The fourth-order valence-corrected chi connectivity index (χ4v) is 2.10. The zero-order valence-corrected chi connectivity index (χ0v) is 10.8. The summed E-state index contributed by atoms with van der Waals surface area (Å²) in [7, 11) is -1.18. The Balaban J connectivity index is 4.02. The summed E-state index contributed by atoms with van der Waals surface area (Å²) < 4.78 is 11.6. The van der Waals surface area contributed by atoms with Crippen LogP contribution in [0.5, 0.6) is 0 Å². The van der Waals surface area contributed by atoms with E-state index in [2.05, 4.69) is 5.32 Å². The molecule has 0 aliphatic heterocycles. The molecule has 4 nitrogen and oxygen atoms in total. The molecule has 3 atom stereocenters. The zero-order valence-electron chi connectivity index (χ0n) is 9.95. The van der Waals surface area contributed by atoms with E-state index in [4.69, 9.17) is 5.73 Å². The summed E-state index contributed by atoms with van der Waals surface area (Å²) in [6.45, 7) is 8.12. The topological polar surface area (TPSA) is 72.2 Å². The lowest BCUT2D eigenvalue weighted by Crippen LogP contribution is -2.40. The van der Waals surface area contributed by atoms with Crippen LogP contribution in [0, 0.1) is 5.92 Å². The van der Waals surface area contributed by atoms with Gasteiger partial charge >= 0.3 is 0 Å². The molecule has 0 saturated heterocycles. The van der Waals surface area contributed by atoms with Crippen molar-refractivity contribution < 1.29 is 9.00 Å². The van der Waals surface area contributed by atoms with E-state index in [1.165, 1.54) is 0 Å². The predicted molar refractivity (Wildman–Crippen MR) is 64.0 cm³/mol. The Labute approximate surface area is 94.4 Å². The summed E-state index contributed by atoms with van der Waals surface area (Å²) >= 11 is 0. The number of carbonyl (C=O) groups excluding carboxylic acids is 1. The van der Waals surface area contributed by atoms with E-state index in [9.17, 15) is 9.00 Å². The summed E-state index contributed by atoms with van der Waals surface area (Å²) in [4.78, 5) is 11.5. The fraction of sp³-hybridized carbons (Fsp3) is 0.900. The van der Waals surface area contributed by atoms with Crippen molar-refractivity contribution >= 4 is 16.7 Å². The van der Waals surface area contributed by atoms with E-state index < -0.39 is 16.0 Å². The minimum absolute atomic E-state index is 0.133. The average Bonchev–Trinajstić information content (AvgIpc) is 2.11. The van der Waals surface area contributed by atoms with Crippen molar-refractivity contribution in [2.24, 2.45) is 11.7 Å². The number of amides is 1. The summed E-state index contributed by atoms with van der Waals surface area (Å²) in [6, 6.07) is -0.133. The van der Waals surface area contributed by atoms with Crippen LogP contribution >= 0.6 is 0 Å². The molecule has 3 unspecified atom stereocenters. The molecule has 0 aliphatic carbocycles. The molecule has 90 valence electrons. The van der Waals surface area contributed by atoms with E-state index in [0.29, 0.717) is 18.2 Å². The second kappa shape index (κ2) is 6.95. The number of carbonyl (C=O) groups is 1. The molecule has 5 heteroatoms. The summed E-state index contributed by atoms with van der Waals surface area (Å²) in [5.74, 6) is 0.627. The highest BCUT2D eigenvalue weighted by Crippen LogP contribution is 1.99. The molecule has 0 radical (unpaired) electrons. The zero-order chi connectivity index (χ0) is 12.0. The molecule has 0 aromatic carbocycles. The number of hydrogen-bond donors (Lipinski definition) is 2. The molecule has 0 rings (SSSR count). The first-order chi connectivity index (χ1) is 6.84. The van der Waals surface area contributed by atoms with Crippen LogP contribution in [0.15, 0.2) is 0 Å². The molecule has 15 heavy (non-hydrogen) atoms. The number of hydrogen-bond acceptors (Lipinski definition) is 3. The first-order valence-electron chi connectivity index (χ1n) is 5.25. The Hall–Kier alpha value is -0.420. The highest BCUT2D eigenvalue weighted by molar-refractivity contribution is 7.86. The van der Waals surface area contributed by atoms with Gasteiger partial charge in [-0.2, -0.15) is 0 Å². The van der Waals surface area contributed by atoms with E-state index >= 15 is 0 Å². The quantitative estimate of drug-likeness (QED) is 0.691. The molecule has 0 aliphatic rings. The minimum atomic E-state index is -1.18. The Morgan fingerprint density at radius 1 is 1.33 bits per heavy atom. The number of nitrogens with one attached hydrogen (secondary N) is 1. The van der Waals surface area contributed by atoms with Crippen molar-refractivity contribution in [3.63, 3.8) is 0 Å². The van der Waals surface area contributed by atoms with Crippen molar-refractivity contribution in [3.8, 4) is 0 Å². The van der Waals surface area contributed by atoms with Gasteiger partial charge in [0.25, 0.3) is 0 Å². The standard InChI is InChI=1S/C10H22N2O2S/c1-7(2)5-12-10(13)9(4)15(14)6-8(3)11/h7-9H,5-6,11H2,1-4H3,(H,12,13). The molecule has 3 N–H and O–H groups in total. The van der Waals surface area contributed by atoms with Gasteiger partial charge in [0.15, 0.2) is 0 Å². The molecule has 0 aromatic rings. The normalized spacial score (nSPS) is 17.2. The Morgan fingerprint density at radius 2 is 1.87 bits per heavy atom. The maximum atomic E-state index is 11.6. The second-order valence-electron chi connectivity index (χ2n) is 4.31. The van der Waals surface area contributed by atoms with E-state index in [1.807, 2.05) is 13.8 Å². The van der Waals surface area contributed by atoms with Gasteiger partial charge in [0.2, 0.25) is 5.91 Å². The van der Waals surface area contributed by atoms with Crippen molar-refractivity contribution in [1.29, 1.82) is 0 Å². The lowest BCUT2D eigenvalue weighted by atomic mass is 10.2. The highest BCUT2D eigenvalue weighted by Gasteiger charge is 2.20. The van der Waals surface area contributed by atoms with Gasteiger partial charge in [-0.25, -0.2) is 0 Å². The maximum absolute atomic E-state index is 11.6. The van der Waals surface area contributed by atoms with Crippen LogP contribution in [-0.2, 0) is 15.6 Å². The molecule has 0 saturated carbocycles. The van der Waals surface area contributed by atoms with Gasteiger partial charge in [-0.1, -0.05) is 13.8 Å². The monoisotopic (exact) mass is 234 g/mol. The molecular formula is C10H22N2O2S. The van der Waals surface area contributed by atoms with Crippen LogP contribution in [0.1, 0.15) is 27.7 Å². The van der Waals surface area contributed by atoms with Gasteiger partial charge in [0, 0.05) is 29.1 Å². The van der Waals surface area contributed by atoms with Gasteiger partial charge in [-0.15, -0.1) is 0 Å². The highest BCUT2D eigenvalue weighted by atomic mass is 32.2. The van der Waals surface area contributed by atoms with Crippen LogP contribution in [0.2, 0.25) is 0 Å². The number of nitrogens with two attached hydrogens (primary N) is 1. The molecule has 0 fully saturated rings. The average molecular weight is 234 g/mol. The molecular weight excluding hydrogens is 212 g/mol. The van der Waals surface area contributed by atoms with Crippen LogP contribution in [0.3, 0.4) is 0 Å². The van der Waals surface area contributed by atoms with Crippen molar-refractivity contribution in [1.82, 2.24) is 5.32 Å². The third kappa shape index (κ3) is 6.62. The Morgan fingerprint density at radius 3 is 2.27 bits per heavy atom. The van der Waals surface area contributed by atoms with Crippen molar-refractivity contribution in [3.05, 3.63) is 0 Å². The lowest BCUT2D eigenvalue weighted by Gasteiger charge is -2.14. The van der Waals surface area contributed by atoms with E-state index in [-0.39, 0.29) is 11.9 Å². The molecule has 0 spiro atoms. The molecule has 0 aromatic heterocycles. The third-order valence-corrected chi connectivity index (χ3v) is 3.73. The second-order valence-corrected chi connectivity index (χ2v) is 6.11. The summed E-state index contributed by atoms with van der Waals surface area (Å²) in [5.41, 5.74) is 5.53. The van der Waals surface area contributed by atoms with E-state index in [0.717, 1.165) is 0 Å². The maximum Gasteiger partial charge on any atom is 0.235 e. The van der Waals surface area contributed by atoms with Crippen LogP contribution < -0.4 is 11.1 Å².